The number of rotatable bonds is 7. The number of hydrogen-bond acceptors (Lipinski definition) is 5. The summed E-state index contributed by atoms with van der Waals surface area (Å²) in [5.74, 6) is 0.694. The van der Waals surface area contributed by atoms with E-state index >= 15 is 0 Å². The predicted molar refractivity (Wildman–Crippen MR) is 109 cm³/mol. The molecule has 0 bridgehead atoms. The van der Waals surface area contributed by atoms with Gasteiger partial charge in [0, 0.05) is 11.5 Å². The molecule has 0 fully saturated rings. The van der Waals surface area contributed by atoms with Gasteiger partial charge in [0.05, 0.1) is 7.11 Å². The Hall–Kier alpha value is -3.60. The Morgan fingerprint density at radius 3 is 2.79 bits per heavy atom. The van der Waals surface area contributed by atoms with Crippen molar-refractivity contribution in [3.63, 3.8) is 0 Å². The van der Waals surface area contributed by atoms with Crippen LogP contribution in [0.2, 0.25) is 0 Å². The molecule has 1 aromatic heterocycles. The number of methoxy groups -OCH3 is 1. The van der Waals surface area contributed by atoms with Crippen molar-refractivity contribution in [1.82, 2.24) is 0 Å². The lowest BCUT2D eigenvalue weighted by Crippen LogP contribution is -2.06. The highest BCUT2D eigenvalue weighted by Crippen LogP contribution is 2.30. The number of hydrogen-bond donors (Lipinski definition) is 0. The van der Waals surface area contributed by atoms with E-state index in [0.717, 1.165) is 11.1 Å². The molecule has 1 heterocycles. The number of carbonyl (C=O) groups is 1. The second-order valence-electron chi connectivity index (χ2n) is 6.14. The summed E-state index contributed by atoms with van der Waals surface area (Å²) in [7, 11) is 1.58. The number of fused-ring (bicyclic) bond motifs is 1. The molecular weight excluding hydrogens is 356 g/mol. The second-order valence-corrected chi connectivity index (χ2v) is 6.14. The van der Waals surface area contributed by atoms with Crippen molar-refractivity contribution in [2.45, 2.75) is 6.92 Å². The molecule has 0 radical (unpaired) electrons. The molecule has 28 heavy (non-hydrogen) atoms. The molecule has 0 unspecified atom stereocenters. The first-order chi connectivity index (χ1) is 13.5. The topological polar surface area (TPSA) is 65.7 Å². The zero-order valence-electron chi connectivity index (χ0n) is 15.7. The van der Waals surface area contributed by atoms with E-state index in [2.05, 4.69) is 6.58 Å². The maximum absolute atomic E-state index is 13.0. The van der Waals surface area contributed by atoms with Crippen molar-refractivity contribution in [2.75, 3.05) is 13.7 Å². The fourth-order valence-corrected chi connectivity index (χ4v) is 2.87. The summed E-state index contributed by atoms with van der Waals surface area (Å²) < 4.78 is 16.2. The molecule has 5 heteroatoms. The van der Waals surface area contributed by atoms with Crippen LogP contribution < -0.4 is 15.1 Å². The maximum atomic E-state index is 13.0. The van der Waals surface area contributed by atoms with Gasteiger partial charge in [-0.3, -0.25) is 4.79 Å². The van der Waals surface area contributed by atoms with Gasteiger partial charge in [0.15, 0.2) is 11.4 Å². The summed E-state index contributed by atoms with van der Waals surface area (Å²) in [4.78, 5) is 24.9. The van der Waals surface area contributed by atoms with Crippen LogP contribution in [0, 0.1) is 6.92 Å². The van der Waals surface area contributed by atoms with Crippen LogP contribution >= 0.6 is 0 Å². The molecular formula is C23H20O5. The molecule has 0 aliphatic rings. The number of carbonyl (C=O) groups excluding carboxylic acids is 1. The minimum Gasteiger partial charge on any atom is -0.497 e. The predicted octanol–water partition coefficient (Wildman–Crippen LogP) is 4.57. The Balaban J connectivity index is 2.10. The maximum Gasteiger partial charge on any atom is 0.336 e. The van der Waals surface area contributed by atoms with E-state index in [9.17, 15) is 9.59 Å². The molecule has 0 atom stereocenters. The quantitative estimate of drug-likeness (QED) is 0.262. The van der Waals surface area contributed by atoms with Crippen LogP contribution in [-0.2, 0) is 0 Å². The number of allylic oxidation sites excluding steroid dienone is 1. The smallest absolute Gasteiger partial charge is 0.336 e. The van der Waals surface area contributed by atoms with E-state index in [1.54, 1.807) is 38.3 Å². The average molecular weight is 376 g/mol. The SMILES string of the molecule is C=CCOc1ccc2c(C)cc(=O)oc2c1C(=O)C=Cc1cccc(OC)c1. The van der Waals surface area contributed by atoms with Crippen molar-refractivity contribution in [3.8, 4) is 11.5 Å². The van der Waals surface area contributed by atoms with Gasteiger partial charge in [-0.15, -0.1) is 0 Å². The van der Waals surface area contributed by atoms with Crippen LogP contribution in [0.4, 0.5) is 0 Å². The minimum absolute atomic E-state index is 0.208. The summed E-state index contributed by atoms with van der Waals surface area (Å²) in [5, 5.41) is 0.684. The van der Waals surface area contributed by atoms with E-state index in [0.29, 0.717) is 16.9 Å². The Kier molecular flexibility index (Phi) is 5.75. The van der Waals surface area contributed by atoms with Crippen LogP contribution in [0.1, 0.15) is 21.5 Å². The normalized spacial score (nSPS) is 10.9. The minimum atomic E-state index is -0.517. The van der Waals surface area contributed by atoms with Gasteiger partial charge in [0.2, 0.25) is 0 Å². The van der Waals surface area contributed by atoms with Gasteiger partial charge in [-0.05, 0) is 48.4 Å². The molecule has 0 amide bonds. The van der Waals surface area contributed by atoms with Crippen molar-refractivity contribution >= 4 is 22.8 Å². The molecule has 0 aliphatic carbocycles. The van der Waals surface area contributed by atoms with Crippen LogP contribution in [0.5, 0.6) is 11.5 Å². The summed E-state index contributed by atoms with van der Waals surface area (Å²) in [5.41, 5.74) is 1.44. The lowest BCUT2D eigenvalue weighted by molar-refractivity contribution is 0.104. The van der Waals surface area contributed by atoms with Gasteiger partial charge in [0.25, 0.3) is 0 Å². The lowest BCUT2D eigenvalue weighted by Gasteiger charge is -2.11. The summed E-state index contributed by atoms with van der Waals surface area (Å²) in [6.07, 6.45) is 4.68. The molecule has 5 nitrogen and oxygen atoms in total. The number of benzene rings is 2. The van der Waals surface area contributed by atoms with Gasteiger partial charge in [-0.25, -0.2) is 4.79 Å². The van der Waals surface area contributed by atoms with Crippen molar-refractivity contribution in [2.24, 2.45) is 0 Å². The van der Waals surface area contributed by atoms with Crippen LogP contribution in [0.25, 0.3) is 17.0 Å². The zero-order valence-corrected chi connectivity index (χ0v) is 15.7. The van der Waals surface area contributed by atoms with E-state index in [-0.39, 0.29) is 23.5 Å². The van der Waals surface area contributed by atoms with Crippen molar-refractivity contribution in [3.05, 3.63) is 88.3 Å². The number of ether oxygens (including phenoxy) is 2. The fourth-order valence-electron chi connectivity index (χ4n) is 2.87. The number of aryl methyl sites for hydroxylation is 1. The average Bonchev–Trinajstić information content (AvgIpc) is 2.70. The molecule has 0 N–H and O–H groups in total. The standard InChI is InChI=1S/C23H20O5/c1-4-12-27-20-11-9-18-15(2)13-21(25)28-23(18)22(20)19(24)10-8-16-6-5-7-17(14-16)26-3/h4-11,13-14H,1,12H2,2-3H3. The Morgan fingerprint density at radius 1 is 1.21 bits per heavy atom. The third-order valence-corrected chi connectivity index (χ3v) is 4.21. The highest BCUT2D eigenvalue weighted by Gasteiger charge is 2.18. The summed E-state index contributed by atoms with van der Waals surface area (Å²) in [6, 6.07) is 12.2. The highest BCUT2D eigenvalue weighted by atomic mass is 16.5. The van der Waals surface area contributed by atoms with Crippen molar-refractivity contribution in [1.29, 1.82) is 0 Å². The zero-order chi connectivity index (χ0) is 20.1. The van der Waals surface area contributed by atoms with Gasteiger partial charge in [-0.1, -0.05) is 30.9 Å². The van der Waals surface area contributed by atoms with Crippen molar-refractivity contribution < 1.29 is 18.7 Å². The summed E-state index contributed by atoms with van der Waals surface area (Å²) in [6.45, 7) is 5.64. The first kappa shape index (κ1) is 19.2. The first-order valence-corrected chi connectivity index (χ1v) is 8.71. The molecule has 3 rings (SSSR count). The third-order valence-electron chi connectivity index (χ3n) is 4.21. The fraction of sp³-hybridized carbons (Fsp3) is 0.130. The molecule has 2 aromatic carbocycles. The molecule has 3 aromatic rings. The third kappa shape index (κ3) is 4.04. The van der Waals surface area contributed by atoms with Crippen LogP contribution in [0.3, 0.4) is 0 Å². The van der Waals surface area contributed by atoms with Crippen LogP contribution in [0.15, 0.2) is 70.4 Å². The highest BCUT2D eigenvalue weighted by molar-refractivity contribution is 6.15. The Labute approximate surface area is 162 Å². The Morgan fingerprint density at radius 2 is 2.04 bits per heavy atom. The van der Waals surface area contributed by atoms with E-state index in [1.807, 2.05) is 24.3 Å². The molecule has 0 saturated heterocycles. The van der Waals surface area contributed by atoms with Crippen LogP contribution in [-0.4, -0.2) is 19.5 Å². The van der Waals surface area contributed by atoms with E-state index in [1.165, 1.54) is 12.1 Å². The van der Waals surface area contributed by atoms with Gasteiger partial charge in [0.1, 0.15) is 23.7 Å². The van der Waals surface area contributed by atoms with Gasteiger partial charge >= 0.3 is 5.63 Å². The van der Waals surface area contributed by atoms with E-state index < -0.39 is 5.63 Å². The molecule has 0 saturated carbocycles. The molecule has 0 aliphatic heterocycles. The Bertz CT molecular complexity index is 1120. The summed E-state index contributed by atoms with van der Waals surface area (Å²) >= 11 is 0. The second kappa shape index (κ2) is 8.39. The van der Waals surface area contributed by atoms with Gasteiger partial charge < -0.3 is 13.9 Å². The number of ketones is 1. The molecule has 142 valence electrons. The van der Waals surface area contributed by atoms with Gasteiger partial charge in [-0.2, -0.15) is 0 Å². The van der Waals surface area contributed by atoms with E-state index in [4.69, 9.17) is 13.9 Å². The lowest BCUT2D eigenvalue weighted by atomic mass is 10.0. The first-order valence-electron chi connectivity index (χ1n) is 8.71. The largest absolute Gasteiger partial charge is 0.497 e. The monoisotopic (exact) mass is 376 g/mol. The molecule has 0 spiro atoms.